The van der Waals surface area contributed by atoms with Gasteiger partial charge in [0.25, 0.3) is 0 Å². The Morgan fingerprint density at radius 3 is 2.62 bits per heavy atom. The van der Waals surface area contributed by atoms with E-state index in [0.29, 0.717) is 0 Å². The van der Waals surface area contributed by atoms with E-state index in [4.69, 9.17) is 14.6 Å². The summed E-state index contributed by atoms with van der Waals surface area (Å²) in [4.78, 5) is 10.7. The van der Waals surface area contributed by atoms with E-state index >= 15 is 0 Å². The van der Waals surface area contributed by atoms with Crippen LogP contribution in [0.25, 0.3) is 0 Å². The molecule has 0 saturated carbocycles. The van der Waals surface area contributed by atoms with Gasteiger partial charge in [-0.3, -0.25) is 0 Å². The molecule has 1 N–H and O–H groups in total. The average molecular weight is 230 g/mol. The highest BCUT2D eigenvalue weighted by atomic mass is 19.1. The van der Waals surface area contributed by atoms with Crippen LogP contribution in [0.1, 0.15) is 10.4 Å². The van der Waals surface area contributed by atoms with Crippen LogP contribution in [0.15, 0.2) is 12.1 Å². The molecule has 5 nitrogen and oxygen atoms in total. The Bertz CT molecular complexity index is 391. The van der Waals surface area contributed by atoms with Gasteiger partial charge in [-0.05, 0) is 12.1 Å². The highest BCUT2D eigenvalue weighted by Gasteiger charge is 2.16. The lowest BCUT2D eigenvalue weighted by molar-refractivity contribution is 0.0461. The van der Waals surface area contributed by atoms with Crippen molar-refractivity contribution >= 4 is 5.97 Å². The van der Waals surface area contributed by atoms with Gasteiger partial charge < -0.3 is 19.3 Å². The third-order valence-electron chi connectivity index (χ3n) is 1.80. The lowest BCUT2D eigenvalue weighted by Crippen LogP contribution is -2.05. The number of hydrogen-bond donors (Lipinski definition) is 1. The van der Waals surface area contributed by atoms with Crippen molar-refractivity contribution in [3.05, 3.63) is 23.5 Å². The fraction of sp³-hybridized carbons (Fsp3) is 0.300. The highest BCUT2D eigenvalue weighted by Crippen LogP contribution is 2.31. The number of carboxylic acid groups (broad SMARTS) is 1. The molecule has 0 aromatic heterocycles. The molecule has 0 aliphatic heterocycles. The van der Waals surface area contributed by atoms with Crippen molar-refractivity contribution in [3.63, 3.8) is 0 Å². The Morgan fingerprint density at radius 2 is 2.12 bits per heavy atom. The number of hydrogen-bond acceptors (Lipinski definition) is 4. The van der Waals surface area contributed by atoms with Gasteiger partial charge in [-0.25, -0.2) is 9.18 Å². The van der Waals surface area contributed by atoms with Crippen LogP contribution in [0, 0.1) is 5.82 Å². The van der Waals surface area contributed by atoms with Gasteiger partial charge in [0, 0.05) is 7.11 Å². The van der Waals surface area contributed by atoms with Crippen LogP contribution < -0.4 is 9.47 Å². The second-order valence-electron chi connectivity index (χ2n) is 2.85. The van der Waals surface area contributed by atoms with E-state index in [1.165, 1.54) is 20.3 Å². The topological polar surface area (TPSA) is 65.0 Å². The smallest absolute Gasteiger partial charge is 0.335 e. The van der Waals surface area contributed by atoms with Crippen LogP contribution in [0.2, 0.25) is 0 Å². The largest absolute Gasteiger partial charge is 0.493 e. The van der Waals surface area contributed by atoms with E-state index in [0.717, 1.165) is 6.07 Å². The molecular weight excluding hydrogens is 219 g/mol. The summed E-state index contributed by atoms with van der Waals surface area (Å²) >= 11 is 0. The number of ether oxygens (including phenoxy) is 3. The summed E-state index contributed by atoms with van der Waals surface area (Å²) < 4.78 is 27.8. The van der Waals surface area contributed by atoms with Gasteiger partial charge in [0.1, 0.15) is 0 Å². The van der Waals surface area contributed by atoms with Crippen LogP contribution in [0.3, 0.4) is 0 Å². The number of carbonyl (C=O) groups is 1. The number of aromatic carboxylic acids is 1. The van der Waals surface area contributed by atoms with Crippen LogP contribution in [-0.4, -0.2) is 32.1 Å². The minimum absolute atomic E-state index is 0.00875. The fourth-order valence-electron chi connectivity index (χ4n) is 1.10. The van der Waals surface area contributed by atoms with Crippen molar-refractivity contribution in [1.29, 1.82) is 0 Å². The Labute approximate surface area is 91.4 Å². The third kappa shape index (κ3) is 2.60. The average Bonchev–Trinajstić information content (AvgIpc) is 2.26. The van der Waals surface area contributed by atoms with Crippen molar-refractivity contribution < 1.29 is 28.5 Å². The zero-order chi connectivity index (χ0) is 12.1. The Morgan fingerprint density at radius 1 is 1.44 bits per heavy atom. The van der Waals surface area contributed by atoms with Gasteiger partial charge >= 0.3 is 5.97 Å². The number of benzene rings is 1. The first-order chi connectivity index (χ1) is 7.60. The molecule has 0 atom stereocenters. The maximum Gasteiger partial charge on any atom is 0.335 e. The van der Waals surface area contributed by atoms with E-state index in [1.807, 2.05) is 0 Å². The highest BCUT2D eigenvalue weighted by molar-refractivity contribution is 5.88. The number of methoxy groups -OCH3 is 2. The first kappa shape index (κ1) is 12.3. The summed E-state index contributed by atoms with van der Waals surface area (Å²) in [6.07, 6.45) is 0. The molecule has 1 aromatic rings. The second-order valence-corrected chi connectivity index (χ2v) is 2.85. The van der Waals surface area contributed by atoms with Crippen molar-refractivity contribution in [2.75, 3.05) is 21.0 Å². The molecular formula is C10H11FO5. The lowest BCUT2D eigenvalue weighted by Gasteiger charge is -2.11. The van der Waals surface area contributed by atoms with E-state index in [-0.39, 0.29) is 23.9 Å². The molecule has 0 spiro atoms. The SMILES string of the molecule is COCOc1c(F)cc(C(=O)O)cc1OC. The quantitative estimate of drug-likeness (QED) is 0.777. The predicted molar refractivity (Wildman–Crippen MR) is 52.4 cm³/mol. The first-order valence-corrected chi connectivity index (χ1v) is 4.32. The fourth-order valence-corrected chi connectivity index (χ4v) is 1.10. The van der Waals surface area contributed by atoms with Gasteiger partial charge in [0.05, 0.1) is 12.7 Å². The number of rotatable bonds is 5. The lowest BCUT2D eigenvalue weighted by atomic mass is 10.2. The first-order valence-electron chi connectivity index (χ1n) is 4.32. The van der Waals surface area contributed by atoms with Crippen LogP contribution in [0.4, 0.5) is 4.39 Å². The van der Waals surface area contributed by atoms with Gasteiger partial charge in [0.2, 0.25) is 0 Å². The molecule has 0 bridgehead atoms. The van der Waals surface area contributed by atoms with Crippen molar-refractivity contribution in [2.24, 2.45) is 0 Å². The molecule has 0 aliphatic carbocycles. The number of carboxylic acids is 1. The van der Waals surface area contributed by atoms with Crippen molar-refractivity contribution in [1.82, 2.24) is 0 Å². The molecule has 0 amide bonds. The summed E-state index contributed by atoms with van der Waals surface area (Å²) in [6, 6.07) is 2.03. The maximum absolute atomic E-state index is 13.5. The molecule has 16 heavy (non-hydrogen) atoms. The summed E-state index contributed by atoms with van der Waals surface area (Å²) in [5.74, 6) is -2.21. The molecule has 0 heterocycles. The summed E-state index contributed by atoms with van der Waals surface area (Å²) in [7, 11) is 2.68. The van der Waals surface area contributed by atoms with E-state index in [9.17, 15) is 9.18 Å². The van der Waals surface area contributed by atoms with Crippen molar-refractivity contribution in [3.8, 4) is 11.5 Å². The summed E-state index contributed by atoms with van der Waals surface area (Å²) in [5, 5.41) is 8.71. The molecule has 0 saturated heterocycles. The monoisotopic (exact) mass is 230 g/mol. The predicted octanol–water partition coefficient (Wildman–Crippen LogP) is 1.52. The number of halogens is 1. The van der Waals surface area contributed by atoms with Crippen molar-refractivity contribution in [2.45, 2.75) is 0 Å². The molecule has 1 aromatic carbocycles. The normalized spacial score (nSPS) is 9.94. The molecule has 0 radical (unpaired) electrons. The molecule has 6 heteroatoms. The van der Waals surface area contributed by atoms with E-state index < -0.39 is 11.8 Å². The molecule has 88 valence electrons. The third-order valence-corrected chi connectivity index (χ3v) is 1.80. The van der Waals surface area contributed by atoms with Crippen LogP contribution in [0.5, 0.6) is 11.5 Å². The van der Waals surface area contributed by atoms with E-state index in [2.05, 4.69) is 4.74 Å². The molecule has 0 aliphatic rings. The van der Waals surface area contributed by atoms with E-state index in [1.54, 1.807) is 0 Å². The Kier molecular flexibility index (Phi) is 4.07. The molecule has 0 unspecified atom stereocenters. The summed E-state index contributed by atoms with van der Waals surface area (Å²) in [6.45, 7) is -0.153. The van der Waals surface area contributed by atoms with Gasteiger partial charge in [-0.15, -0.1) is 0 Å². The van der Waals surface area contributed by atoms with Crippen LogP contribution in [-0.2, 0) is 4.74 Å². The zero-order valence-corrected chi connectivity index (χ0v) is 8.82. The van der Waals surface area contributed by atoms with Crippen LogP contribution >= 0.6 is 0 Å². The molecule has 1 rings (SSSR count). The standard InChI is InChI=1S/C10H11FO5/c1-14-5-16-9-7(11)3-6(10(12)13)4-8(9)15-2/h3-4H,5H2,1-2H3,(H,12,13). The van der Waals surface area contributed by atoms with Gasteiger partial charge in [0.15, 0.2) is 24.1 Å². The Hall–Kier alpha value is -1.82. The Balaban J connectivity index is 3.12. The van der Waals surface area contributed by atoms with Gasteiger partial charge in [-0.1, -0.05) is 0 Å². The van der Waals surface area contributed by atoms with Gasteiger partial charge in [-0.2, -0.15) is 0 Å². The summed E-state index contributed by atoms with van der Waals surface area (Å²) in [5.41, 5.74) is -0.209. The zero-order valence-electron chi connectivity index (χ0n) is 8.82. The molecule has 0 fully saturated rings. The second kappa shape index (κ2) is 5.32. The maximum atomic E-state index is 13.5. The minimum Gasteiger partial charge on any atom is -0.493 e. The minimum atomic E-state index is -1.24.